The van der Waals surface area contributed by atoms with Crippen molar-refractivity contribution in [2.45, 2.75) is 19.8 Å². The van der Waals surface area contributed by atoms with Crippen LogP contribution < -0.4 is 10.2 Å². The maximum atomic E-state index is 12.6. The van der Waals surface area contributed by atoms with Crippen LogP contribution in [0, 0.1) is 12.8 Å². The average molecular weight is 397 g/mol. The highest BCUT2D eigenvalue weighted by Crippen LogP contribution is 2.26. The van der Waals surface area contributed by atoms with Gasteiger partial charge in [-0.05, 0) is 55.7 Å². The van der Waals surface area contributed by atoms with Gasteiger partial charge in [0.15, 0.2) is 11.6 Å². The number of nitrogens with zero attached hydrogens (tertiary/aromatic N) is 5. The Morgan fingerprint density at radius 2 is 1.86 bits per heavy atom. The van der Waals surface area contributed by atoms with E-state index in [0.29, 0.717) is 10.8 Å². The Kier molecular flexibility index (Phi) is 5.25. The van der Waals surface area contributed by atoms with E-state index in [4.69, 9.17) is 11.6 Å². The largest absolute Gasteiger partial charge is 0.355 e. The molecular weight excluding hydrogens is 376 g/mol. The first-order valence-corrected chi connectivity index (χ1v) is 9.64. The van der Waals surface area contributed by atoms with E-state index < -0.39 is 0 Å². The van der Waals surface area contributed by atoms with Crippen LogP contribution in [0.1, 0.15) is 18.4 Å². The minimum Gasteiger partial charge on any atom is -0.355 e. The molecule has 1 saturated heterocycles. The lowest BCUT2D eigenvalue weighted by Crippen LogP contribution is -2.38. The Balaban J connectivity index is 1.35. The molecule has 0 saturated carbocycles. The summed E-state index contributed by atoms with van der Waals surface area (Å²) in [6.07, 6.45) is 5.08. The topological polar surface area (TPSA) is 75.9 Å². The molecule has 1 aliphatic rings. The number of carbonyl (C=O) groups is 1. The summed E-state index contributed by atoms with van der Waals surface area (Å²) in [6, 6.07) is 11.2. The minimum atomic E-state index is -0.0223. The quantitative estimate of drug-likeness (QED) is 0.730. The van der Waals surface area contributed by atoms with E-state index in [1.807, 2.05) is 49.5 Å². The molecule has 3 aromatic rings. The Hall–Kier alpha value is -2.93. The molecule has 0 radical (unpaired) electrons. The molecule has 8 heteroatoms. The third-order valence-electron chi connectivity index (χ3n) is 5.09. The molecule has 1 amide bonds. The van der Waals surface area contributed by atoms with Crippen molar-refractivity contribution in [2.24, 2.45) is 5.92 Å². The molecule has 0 bridgehead atoms. The summed E-state index contributed by atoms with van der Waals surface area (Å²) in [7, 11) is 0. The lowest BCUT2D eigenvalue weighted by Gasteiger charge is -2.32. The molecule has 1 aliphatic heterocycles. The van der Waals surface area contributed by atoms with E-state index in [2.05, 4.69) is 25.5 Å². The maximum Gasteiger partial charge on any atom is 0.227 e. The molecule has 1 fully saturated rings. The van der Waals surface area contributed by atoms with Gasteiger partial charge in [-0.25, -0.2) is 4.68 Å². The van der Waals surface area contributed by atoms with Crippen LogP contribution in [0.3, 0.4) is 0 Å². The zero-order valence-electron chi connectivity index (χ0n) is 15.5. The van der Waals surface area contributed by atoms with E-state index in [1.54, 1.807) is 10.9 Å². The number of aromatic nitrogens is 4. The second-order valence-corrected chi connectivity index (χ2v) is 7.27. The third kappa shape index (κ3) is 3.84. The highest BCUT2D eigenvalue weighted by Gasteiger charge is 2.26. The average Bonchev–Trinajstić information content (AvgIpc) is 3.26. The van der Waals surface area contributed by atoms with E-state index in [9.17, 15) is 4.79 Å². The Morgan fingerprint density at radius 3 is 2.54 bits per heavy atom. The van der Waals surface area contributed by atoms with Gasteiger partial charge >= 0.3 is 0 Å². The zero-order valence-corrected chi connectivity index (χ0v) is 16.3. The number of hydrogen-bond acceptors (Lipinski definition) is 5. The van der Waals surface area contributed by atoms with Crippen molar-refractivity contribution in [1.82, 2.24) is 20.0 Å². The molecule has 0 spiro atoms. The van der Waals surface area contributed by atoms with Gasteiger partial charge < -0.3 is 10.2 Å². The van der Waals surface area contributed by atoms with Gasteiger partial charge in [0.1, 0.15) is 0 Å². The third-order valence-corrected chi connectivity index (χ3v) is 5.50. The van der Waals surface area contributed by atoms with Crippen LogP contribution in [0.25, 0.3) is 5.82 Å². The summed E-state index contributed by atoms with van der Waals surface area (Å²) in [5.41, 5.74) is 1.67. The number of nitrogens with one attached hydrogen (secondary N) is 1. The molecule has 0 atom stereocenters. The summed E-state index contributed by atoms with van der Waals surface area (Å²) in [4.78, 5) is 14.8. The van der Waals surface area contributed by atoms with Crippen LogP contribution in [0.15, 0.2) is 48.8 Å². The molecule has 3 heterocycles. The molecule has 0 unspecified atom stereocenters. The van der Waals surface area contributed by atoms with Crippen molar-refractivity contribution >= 4 is 29.0 Å². The second-order valence-electron chi connectivity index (χ2n) is 6.86. The zero-order chi connectivity index (χ0) is 19.5. The van der Waals surface area contributed by atoms with Gasteiger partial charge in [-0.2, -0.15) is 5.10 Å². The maximum absolute atomic E-state index is 12.6. The lowest BCUT2D eigenvalue weighted by atomic mass is 9.95. The molecule has 28 heavy (non-hydrogen) atoms. The Morgan fingerprint density at radius 1 is 1.11 bits per heavy atom. The van der Waals surface area contributed by atoms with Gasteiger partial charge in [0.25, 0.3) is 0 Å². The van der Waals surface area contributed by atoms with Crippen molar-refractivity contribution in [3.8, 4) is 5.82 Å². The number of anilines is 2. The van der Waals surface area contributed by atoms with Crippen molar-refractivity contribution < 1.29 is 4.79 Å². The molecule has 7 nitrogen and oxygen atoms in total. The van der Waals surface area contributed by atoms with Gasteiger partial charge in [0.2, 0.25) is 5.91 Å². The highest BCUT2D eigenvalue weighted by atomic mass is 35.5. The monoisotopic (exact) mass is 396 g/mol. The van der Waals surface area contributed by atoms with Crippen LogP contribution in [0.2, 0.25) is 5.02 Å². The van der Waals surface area contributed by atoms with E-state index in [0.717, 1.165) is 43.0 Å². The normalized spacial score (nSPS) is 14.9. The van der Waals surface area contributed by atoms with Crippen LogP contribution in [0.4, 0.5) is 11.5 Å². The summed E-state index contributed by atoms with van der Waals surface area (Å²) in [5, 5.41) is 16.4. The van der Waals surface area contributed by atoms with Crippen molar-refractivity contribution in [3.05, 3.63) is 59.4 Å². The fourth-order valence-corrected chi connectivity index (χ4v) is 3.54. The summed E-state index contributed by atoms with van der Waals surface area (Å²) in [6.45, 7) is 3.44. The van der Waals surface area contributed by atoms with Gasteiger partial charge in [0, 0.05) is 42.1 Å². The molecule has 1 N–H and O–H groups in total. The van der Waals surface area contributed by atoms with Gasteiger partial charge in [0.05, 0.1) is 0 Å². The molecule has 0 aliphatic carbocycles. The van der Waals surface area contributed by atoms with Gasteiger partial charge in [-0.1, -0.05) is 17.7 Å². The highest BCUT2D eigenvalue weighted by molar-refractivity contribution is 6.31. The SMILES string of the molecule is Cc1c(Cl)cccc1NC(=O)C1CCN(c2ccc(-n3cccn3)nn2)CC1. The Bertz CT molecular complexity index is 949. The smallest absolute Gasteiger partial charge is 0.227 e. The van der Waals surface area contributed by atoms with Crippen LogP contribution in [0.5, 0.6) is 0 Å². The number of benzene rings is 1. The summed E-state index contributed by atoms with van der Waals surface area (Å²) in [5.74, 6) is 1.52. The molecule has 4 rings (SSSR count). The predicted molar refractivity (Wildman–Crippen MR) is 109 cm³/mol. The van der Waals surface area contributed by atoms with E-state index >= 15 is 0 Å². The number of piperidine rings is 1. The number of rotatable bonds is 4. The van der Waals surface area contributed by atoms with Gasteiger partial charge in [-0.15, -0.1) is 10.2 Å². The number of carbonyl (C=O) groups excluding carboxylic acids is 1. The van der Waals surface area contributed by atoms with Crippen molar-refractivity contribution in [3.63, 3.8) is 0 Å². The fraction of sp³-hybridized carbons (Fsp3) is 0.300. The molecule has 1 aromatic carbocycles. The first kappa shape index (κ1) is 18.4. The van der Waals surface area contributed by atoms with Crippen molar-refractivity contribution in [1.29, 1.82) is 0 Å². The summed E-state index contributed by atoms with van der Waals surface area (Å²) < 4.78 is 1.67. The Labute approximate surface area is 168 Å². The van der Waals surface area contributed by atoms with Crippen LogP contribution in [-0.4, -0.2) is 39.0 Å². The predicted octanol–water partition coefficient (Wildman–Crippen LogP) is 3.48. The van der Waals surface area contributed by atoms with Crippen molar-refractivity contribution in [2.75, 3.05) is 23.3 Å². The first-order chi connectivity index (χ1) is 13.6. The van der Waals surface area contributed by atoms with Gasteiger partial charge in [-0.3, -0.25) is 4.79 Å². The van der Waals surface area contributed by atoms with Crippen LogP contribution >= 0.6 is 11.6 Å². The summed E-state index contributed by atoms with van der Waals surface area (Å²) >= 11 is 6.14. The lowest BCUT2D eigenvalue weighted by molar-refractivity contribution is -0.120. The van der Waals surface area contributed by atoms with E-state index in [1.165, 1.54) is 0 Å². The number of hydrogen-bond donors (Lipinski definition) is 1. The molecular formula is C20H21ClN6O. The molecule has 144 valence electrons. The minimum absolute atomic E-state index is 0.0223. The first-order valence-electron chi connectivity index (χ1n) is 9.26. The van der Waals surface area contributed by atoms with E-state index in [-0.39, 0.29) is 11.8 Å². The van der Waals surface area contributed by atoms with Crippen LogP contribution in [-0.2, 0) is 4.79 Å². The number of halogens is 1. The molecule has 2 aromatic heterocycles. The standard InChI is InChI=1S/C20H21ClN6O/c1-14-16(21)4-2-5-17(14)23-20(28)15-8-12-26(13-9-15)18-6-7-19(25-24-18)27-11-3-10-22-27/h2-7,10-11,15H,8-9,12-13H2,1H3,(H,23,28). The second kappa shape index (κ2) is 7.98. The fourth-order valence-electron chi connectivity index (χ4n) is 3.36. The number of amides is 1.